The monoisotopic (exact) mass is 358 g/mol. The summed E-state index contributed by atoms with van der Waals surface area (Å²) in [6.07, 6.45) is -0.412. The highest BCUT2D eigenvalue weighted by molar-refractivity contribution is 5.85. The van der Waals surface area contributed by atoms with Crippen LogP contribution in [0.15, 0.2) is 18.2 Å². The second kappa shape index (κ2) is 9.11. The summed E-state index contributed by atoms with van der Waals surface area (Å²) in [7, 11) is 3.23. The lowest BCUT2D eigenvalue weighted by molar-refractivity contribution is -0.134. The summed E-state index contributed by atoms with van der Waals surface area (Å²) < 4.78 is 16.1. The number of hydrogen-bond donors (Lipinski definition) is 2. The molecule has 1 aromatic carbocycles. The van der Waals surface area contributed by atoms with Crippen molar-refractivity contribution >= 4 is 18.3 Å². The van der Waals surface area contributed by atoms with E-state index in [9.17, 15) is 4.79 Å². The minimum absolute atomic E-state index is 0. The molecule has 24 heavy (non-hydrogen) atoms. The maximum absolute atomic E-state index is 12.2. The summed E-state index contributed by atoms with van der Waals surface area (Å²) in [5.74, 6) is 1.30. The Hall–Kier alpha value is -1.50. The zero-order valence-corrected chi connectivity index (χ0v) is 15.5. The fraction of sp³-hybridized carbons (Fsp3) is 0.588. The van der Waals surface area contributed by atoms with Gasteiger partial charge in [0.15, 0.2) is 11.5 Å². The van der Waals surface area contributed by atoms with E-state index in [1.165, 1.54) is 0 Å². The minimum Gasteiger partial charge on any atom is -0.493 e. The van der Waals surface area contributed by atoms with Crippen molar-refractivity contribution in [3.05, 3.63) is 23.8 Å². The van der Waals surface area contributed by atoms with E-state index in [1.807, 2.05) is 18.2 Å². The molecule has 1 aromatic rings. The van der Waals surface area contributed by atoms with Gasteiger partial charge in [-0.25, -0.2) is 0 Å². The third-order valence-corrected chi connectivity index (χ3v) is 4.09. The second-order valence-corrected chi connectivity index (χ2v) is 6.24. The standard InChI is InChI=1S/C17H26N2O4.ClH/c1-17(2,11-19-16(20)15-10-18-7-8-23-15)12-5-6-13(21-3)14(9-12)22-4;/h5-6,9,15,18H,7-8,10-11H2,1-4H3,(H,19,20);1H. The third kappa shape index (κ3) is 5.00. The number of amides is 1. The first kappa shape index (κ1) is 20.5. The normalized spacial score (nSPS) is 17.6. The molecule has 0 aliphatic carbocycles. The molecule has 7 heteroatoms. The van der Waals surface area contributed by atoms with Gasteiger partial charge in [-0.1, -0.05) is 19.9 Å². The van der Waals surface area contributed by atoms with Gasteiger partial charge >= 0.3 is 0 Å². The van der Waals surface area contributed by atoms with E-state index in [0.717, 1.165) is 12.1 Å². The number of ether oxygens (including phenoxy) is 3. The van der Waals surface area contributed by atoms with E-state index in [-0.39, 0.29) is 23.7 Å². The zero-order chi connectivity index (χ0) is 16.9. The van der Waals surface area contributed by atoms with E-state index < -0.39 is 6.10 Å². The summed E-state index contributed by atoms with van der Waals surface area (Å²) >= 11 is 0. The number of halogens is 1. The van der Waals surface area contributed by atoms with Gasteiger partial charge < -0.3 is 24.8 Å². The number of methoxy groups -OCH3 is 2. The molecule has 0 bridgehead atoms. The Morgan fingerprint density at radius 3 is 2.62 bits per heavy atom. The molecule has 0 spiro atoms. The van der Waals surface area contributed by atoms with Crippen LogP contribution in [0.25, 0.3) is 0 Å². The molecule has 2 N–H and O–H groups in total. The molecule has 136 valence electrons. The van der Waals surface area contributed by atoms with E-state index in [1.54, 1.807) is 14.2 Å². The van der Waals surface area contributed by atoms with Crippen molar-refractivity contribution < 1.29 is 19.0 Å². The van der Waals surface area contributed by atoms with Crippen LogP contribution in [0.1, 0.15) is 19.4 Å². The molecule has 1 aliphatic heterocycles. The van der Waals surface area contributed by atoms with Crippen LogP contribution in [-0.4, -0.2) is 52.5 Å². The predicted octanol–water partition coefficient (Wildman–Crippen LogP) is 1.51. The number of morpholine rings is 1. The Labute approximate surface area is 149 Å². The fourth-order valence-corrected chi connectivity index (χ4v) is 2.51. The lowest BCUT2D eigenvalue weighted by Gasteiger charge is -2.28. The van der Waals surface area contributed by atoms with Crippen LogP contribution in [0.2, 0.25) is 0 Å². The Morgan fingerprint density at radius 2 is 2.04 bits per heavy atom. The van der Waals surface area contributed by atoms with Gasteiger partial charge in [0.2, 0.25) is 5.91 Å². The van der Waals surface area contributed by atoms with Crippen molar-refractivity contribution in [2.75, 3.05) is 40.5 Å². The third-order valence-electron chi connectivity index (χ3n) is 4.09. The summed E-state index contributed by atoms with van der Waals surface area (Å²) in [6.45, 7) is 6.59. The fourth-order valence-electron chi connectivity index (χ4n) is 2.51. The van der Waals surface area contributed by atoms with Gasteiger partial charge in [0.1, 0.15) is 6.10 Å². The van der Waals surface area contributed by atoms with Gasteiger partial charge in [-0.15, -0.1) is 12.4 Å². The van der Waals surface area contributed by atoms with Crippen LogP contribution < -0.4 is 20.1 Å². The largest absolute Gasteiger partial charge is 0.493 e. The average Bonchev–Trinajstić information content (AvgIpc) is 2.59. The Kier molecular flexibility index (Phi) is 7.79. The van der Waals surface area contributed by atoms with Crippen LogP contribution in [0.4, 0.5) is 0 Å². The molecule has 1 saturated heterocycles. The molecule has 1 atom stereocenters. The number of benzene rings is 1. The maximum atomic E-state index is 12.2. The quantitative estimate of drug-likeness (QED) is 0.806. The Balaban J connectivity index is 0.00000288. The topological polar surface area (TPSA) is 68.8 Å². The van der Waals surface area contributed by atoms with Crippen molar-refractivity contribution in [2.45, 2.75) is 25.4 Å². The molecule has 0 saturated carbocycles. The van der Waals surface area contributed by atoms with E-state index in [0.29, 0.717) is 31.2 Å². The number of carbonyl (C=O) groups excluding carboxylic acids is 1. The molecule has 1 unspecified atom stereocenters. The number of rotatable bonds is 6. The van der Waals surface area contributed by atoms with Crippen molar-refractivity contribution in [1.82, 2.24) is 10.6 Å². The number of nitrogens with one attached hydrogen (secondary N) is 2. The molecule has 1 fully saturated rings. The summed E-state index contributed by atoms with van der Waals surface area (Å²) in [4.78, 5) is 12.2. The van der Waals surface area contributed by atoms with Crippen molar-refractivity contribution in [2.24, 2.45) is 0 Å². The first-order valence-electron chi connectivity index (χ1n) is 7.80. The van der Waals surface area contributed by atoms with Crippen LogP contribution in [-0.2, 0) is 14.9 Å². The van der Waals surface area contributed by atoms with Crippen LogP contribution in [0, 0.1) is 0 Å². The molecular formula is C17H27ClN2O4. The SMILES string of the molecule is COc1ccc(C(C)(C)CNC(=O)C2CNCCO2)cc1OC.Cl. The summed E-state index contributed by atoms with van der Waals surface area (Å²) in [5, 5.41) is 6.14. The van der Waals surface area contributed by atoms with Crippen molar-refractivity contribution in [3.8, 4) is 11.5 Å². The molecule has 0 aromatic heterocycles. The lowest BCUT2D eigenvalue weighted by Crippen LogP contribution is -2.49. The number of carbonyl (C=O) groups is 1. The summed E-state index contributed by atoms with van der Waals surface area (Å²) in [6, 6.07) is 5.82. The first-order chi connectivity index (χ1) is 11.0. The highest BCUT2D eigenvalue weighted by atomic mass is 35.5. The van der Waals surface area contributed by atoms with E-state index >= 15 is 0 Å². The number of hydrogen-bond acceptors (Lipinski definition) is 5. The molecule has 1 heterocycles. The van der Waals surface area contributed by atoms with Crippen LogP contribution in [0.5, 0.6) is 11.5 Å². The first-order valence-corrected chi connectivity index (χ1v) is 7.80. The van der Waals surface area contributed by atoms with Gasteiger partial charge in [0, 0.05) is 25.0 Å². The molecule has 2 rings (SSSR count). The van der Waals surface area contributed by atoms with E-state index in [2.05, 4.69) is 24.5 Å². The zero-order valence-electron chi connectivity index (χ0n) is 14.7. The molecule has 1 aliphatic rings. The van der Waals surface area contributed by atoms with Gasteiger partial charge in [-0.3, -0.25) is 4.79 Å². The molecule has 0 radical (unpaired) electrons. The molecular weight excluding hydrogens is 332 g/mol. The Morgan fingerprint density at radius 1 is 1.33 bits per heavy atom. The highest BCUT2D eigenvalue weighted by Gasteiger charge is 2.26. The highest BCUT2D eigenvalue weighted by Crippen LogP contribution is 2.32. The molecule has 1 amide bonds. The predicted molar refractivity (Wildman–Crippen MR) is 95.4 cm³/mol. The van der Waals surface area contributed by atoms with Gasteiger partial charge in [-0.05, 0) is 17.7 Å². The van der Waals surface area contributed by atoms with Gasteiger partial charge in [-0.2, -0.15) is 0 Å². The Bertz CT molecular complexity index is 545. The van der Waals surface area contributed by atoms with Crippen molar-refractivity contribution in [3.63, 3.8) is 0 Å². The van der Waals surface area contributed by atoms with Gasteiger partial charge in [0.05, 0.1) is 20.8 Å². The maximum Gasteiger partial charge on any atom is 0.250 e. The smallest absolute Gasteiger partial charge is 0.250 e. The van der Waals surface area contributed by atoms with E-state index in [4.69, 9.17) is 14.2 Å². The van der Waals surface area contributed by atoms with Crippen LogP contribution in [0.3, 0.4) is 0 Å². The van der Waals surface area contributed by atoms with Crippen molar-refractivity contribution in [1.29, 1.82) is 0 Å². The van der Waals surface area contributed by atoms with Crippen LogP contribution >= 0.6 is 12.4 Å². The summed E-state index contributed by atoms with van der Waals surface area (Å²) in [5.41, 5.74) is 0.829. The lowest BCUT2D eigenvalue weighted by atomic mass is 9.84. The molecule has 6 nitrogen and oxygen atoms in total. The van der Waals surface area contributed by atoms with Gasteiger partial charge in [0.25, 0.3) is 0 Å². The second-order valence-electron chi connectivity index (χ2n) is 6.24. The average molecular weight is 359 g/mol. The minimum atomic E-state index is -0.412.